The van der Waals surface area contributed by atoms with E-state index in [-0.39, 0.29) is 30.0 Å². The van der Waals surface area contributed by atoms with E-state index in [1.807, 2.05) is 58.0 Å². The van der Waals surface area contributed by atoms with Crippen molar-refractivity contribution in [1.29, 1.82) is 0 Å². The summed E-state index contributed by atoms with van der Waals surface area (Å²) < 4.78 is 5.43. The SMILES string of the molecule is CC(C)CNC(=O)c1coc(CN(CC(C)C)C(=O)[C@@H](Cl)c2ccccc2)n1. The van der Waals surface area contributed by atoms with Crippen molar-refractivity contribution in [2.24, 2.45) is 11.8 Å². The van der Waals surface area contributed by atoms with Gasteiger partial charge in [0.05, 0.1) is 6.54 Å². The van der Waals surface area contributed by atoms with Crippen LogP contribution in [0.2, 0.25) is 0 Å². The molecule has 1 heterocycles. The summed E-state index contributed by atoms with van der Waals surface area (Å²) in [5.41, 5.74) is 0.946. The number of amides is 2. The third-order valence-electron chi connectivity index (χ3n) is 3.99. The fourth-order valence-electron chi connectivity index (χ4n) is 2.64. The molecule has 0 radical (unpaired) electrons. The number of nitrogens with one attached hydrogen (secondary N) is 1. The van der Waals surface area contributed by atoms with E-state index in [1.54, 1.807) is 4.90 Å². The Morgan fingerprint density at radius 3 is 2.43 bits per heavy atom. The molecule has 2 rings (SSSR count). The van der Waals surface area contributed by atoms with Gasteiger partial charge < -0.3 is 14.6 Å². The van der Waals surface area contributed by atoms with Crippen LogP contribution in [0.3, 0.4) is 0 Å². The van der Waals surface area contributed by atoms with Crippen molar-refractivity contribution < 1.29 is 14.0 Å². The molecule has 1 N–H and O–H groups in total. The topological polar surface area (TPSA) is 75.4 Å². The predicted molar refractivity (Wildman–Crippen MR) is 109 cm³/mol. The minimum atomic E-state index is -0.788. The molecule has 0 spiro atoms. The molecule has 0 aliphatic rings. The van der Waals surface area contributed by atoms with Gasteiger partial charge in [-0.05, 0) is 17.4 Å². The number of halogens is 1. The molecule has 0 aliphatic heterocycles. The van der Waals surface area contributed by atoms with Crippen LogP contribution in [0.1, 0.15) is 55.0 Å². The summed E-state index contributed by atoms with van der Waals surface area (Å²) in [5.74, 6) is 0.386. The van der Waals surface area contributed by atoms with E-state index in [4.69, 9.17) is 16.0 Å². The Hall–Kier alpha value is -2.34. The average Bonchev–Trinajstić information content (AvgIpc) is 3.13. The Kier molecular flexibility index (Phi) is 8.05. The van der Waals surface area contributed by atoms with Crippen LogP contribution in [0.15, 0.2) is 41.0 Å². The van der Waals surface area contributed by atoms with Crippen LogP contribution in [-0.4, -0.2) is 34.8 Å². The molecule has 0 unspecified atom stereocenters. The molecule has 28 heavy (non-hydrogen) atoms. The first-order chi connectivity index (χ1) is 13.3. The van der Waals surface area contributed by atoms with Crippen molar-refractivity contribution in [3.05, 3.63) is 53.7 Å². The van der Waals surface area contributed by atoms with E-state index in [0.717, 1.165) is 5.56 Å². The van der Waals surface area contributed by atoms with Crippen LogP contribution in [0.5, 0.6) is 0 Å². The summed E-state index contributed by atoms with van der Waals surface area (Å²) in [6.45, 7) is 9.29. The number of benzene rings is 1. The molecule has 1 aromatic heterocycles. The summed E-state index contributed by atoms with van der Waals surface area (Å²) in [6.07, 6.45) is 1.32. The van der Waals surface area contributed by atoms with Crippen molar-refractivity contribution in [2.45, 2.75) is 39.6 Å². The molecule has 0 saturated heterocycles. The quantitative estimate of drug-likeness (QED) is 0.639. The molecule has 0 fully saturated rings. The second-order valence-corrected chi connectivity index (χ2v) is 8.05. The van der Waals surface area contributed by atoms with Crippen molar-refractivity contribution in [3.63, 3.8) is 0 Å². The molecule has 7 heteroatoms. The standard InChI is InChI=1S/C21H28ClN3O3/c1-14(2)10-23-20(26)17-13-28-18(24-17)12-25(11-15(3)4)21(27)19(22)16-8-6-5-7-9-16/h5-9,13-15,19H,10-12H2,1-4H3,(H,23,26)/t19-/m0/s1. The molecule has 0 bridgehead atoms. The van der Waals surface area contributed by atoms with Crippen LogP contribution < -0.4 is 5.32 Å². The predicted octanol–water partition coefficient (Wildman–Crippen LogP) is 4.03. The molecule has 1 atom stereocenters. The summed E-state index contributed by atoms with van der Waals surface area (Å²) >= 11 is 6.42. The number of carbonyl (C=O) groups excluding carboxylic acids is 2. The fourth-order valence-corrected chi connectivity index (χ4v) is 2.92. The smallest absolute Gasteiger partial charge is 0.273 e. The van der Waals surface area contributed by atoms with Gasteiger partial charge in [0.25, 0.3) is 5.91 Å². The monoisotopic (exact) mass is 405 g/mol. The first-order valence-corrected chi connectivity index (χ1v) is 9.92. The normalized spacial score (nSPS) is 12.2. The summed E-state index contributed by atoms with van der Waals surface area (Å²) in [4.78, 5) is 30.9. The van der Waals surface area contributed by atoms with Crippen molar-refractivity contribution >= 4 is 23.4 Å². The van der Waals surface area contributed by atoms with Gasteiger partial charge >= 0.3 is 0 Å². The van der Waals surface area contributed by atoms with Crippen LogP contribution in [0.4, 0.5) is 0 Å². The maximum Gasteiger partial charge on any atom is 0.273 e. The minimum absolute atomic E-state index is 0.157. The number of oxazole rings is 1. The van der Waals surface area contributed by atoms with Gasteiger partial charge in [0.1, 0.15) is 11.6 Å². The highest BCUT2D eigenvalue weighted by atomic mass is 35.5. The Bertz CT molecular complexity index is 774. The fraction of sp³-hybridized carbons (Fsp3) is 0.476. The molecule has 6 nitrogen and oxygen atoms in total. The van der Waals surface area contributed by atoms with Gasteiger partial charge in [-0.1, -0.05) is 58.0 Å². The Labute approximate surface area is 171 Å². The number of alkyl halides is 1. The van der Waals surface area contributed by atoms with Crippen molar-refractivity contribution in [1.82, 2.24) is 15.2 Å². The van der Waals surface area contributed by atoms with Gasteiger partial charge in [-0.25, -0.2) is 4.98 Å². The van der Waals surface area contributed by atoms with Crippen molar-refractivity contribution in [2.75, 3.05) is 13.1 Å². The van der Waals surface area contributed by atoms with E-state index in [9.17, 15) is 9.59 Å². The molecule has 2 amide bonds. The molecule has 0 aliphatic carbocycles. The lowest BCUT2D eigenvalue weighted by Gasteiger charge is -2.25. The minimum Gasteiger partial charge on any atom is -0.446 e. The van der Waals surface area contributed by atoms with Gasteiger partial charge in [-0.15, -0.1) is 11.6 Å². The maximum absolute atomic E-state index is 12.9. The maximum atomic E-state index is 12.9. The number of rotatable bonds is 9. The Morgan fingerprint density at radius 1 is 1.14 bits per heavy atom. The van der Waals surface area contributed by atoms with Gasteiger partial charge in [-0.2, -0.15) is 0 Å². The highest BCUT2D eigenvalue weighted by molar-refractivity contribution is 6.30. The lowest BCUT2D eigenvalue weighted by atomic mass is 10.1. The second kappa shape index (κ2) is 10.3. The summed E-state index contributed by atoms with van der Waals surface area (Å²) in [7, 11) is 0. The first kappa shape index (κ1) is 22.0. The molecule has 1 aromatic carbocycles. The van der Waals surface area contributed by atoms with Gasteiger partial charge in [-0.3, -0.25) is 9.59 Å². The summed E-state index contributed by atoms with van der Waals surface area (Å²) in [5, 5.41) is 2.01. The number of nitrogens with zero attached hydrogens (tertiary/aromatic N) is 2. The Morgan fingerprint density at radius 2 is 1.82 bits per heavy atom. The van der Waals surface area contributed by atoms with Crippen molar-refractivity contribution in [3.8, 4) is 0 Å². The average molecular weight is 406 g/mol. The molecular formula is C21H28ClN3O3. The van der Waals surface area contributed by atoms with Crippen LogP contribution in [0, 0.1) is 11.8 Å². The number of carbonyl (C=O) groups is 2. The second-order valence-electron chi connectivity index (χ2n) is 7.62. The number of hydrogen-bond donors (Lipinski definition) is 1. The van der Waals surface area contributed by atoms with Gasteiger partial charge in [0, 0.05) is 13.1 Å². The van der Waals surface area contributed by atoms with E-state index in [1.165, 1.54) is 6.26 Å². The molecule has 152 valence electrons. The third-order valence-corrected chi connectivity index (χ3v) is 4.43. The van der Waals surface area contributed by atoms with Crippen LogP contribution in [-0.2, 0) is 11.3 Å². The first-order valence-electron chi connectivity index (χ1n) is 9.48. The largest absolute Gasteiger partial charge is 0.446 e. The highest BCUT2D eigenvalue weighted by Crippen LogP contribution is 2.24. The zero-order valence-electron chi connectivity index (χ0n) is 16.8. The van der Waals surface area contributed by atoms with Crippen LogP contribution in [0.25, 0.3) is 0 Å². The van der Waals surface area contributed by atoms with E-state index < -0.39 is 5.38 Å². The van der Waals surface area contributed by atoms with E-state index in [2.05, 4.69) is 10.3 Å². The lowest BCUT2D eigenvalue weighted by Crippen LogP contribution is -2.36. The highest BCUT2D eigenvalue weighted by Gasteiger charge is 2.26. The zero-order chi connectivity index (χ0) is 20.7. The zero-order valence-corrected chi connectivity index (χ0v) is 17.6. The van der Waals surface area contributed by atoms with Gasteiger partial charge in [0.15, 0.2) is 5.69 Å². The Balaban J connectivity index is 2.10. The number of aromatic nitrogens is 1. The molecular weight excluding hydrogens is 378 g/mol. The van der Waals surface area contributed by atoms with Crippen LogP contribution >= 0.6 is 11.6 Å². The lowest BCUT2D eigenvalue weighted by molar-refractivity contribution is -0.132. The third kappa shape index (κ3) is 6.37. The van der Waals surface area contributed by atoms with E-state index in [0.29, 0.717) is 24.9 Å². The van der Waals surface area contributed by atoms with Gasteiger partial charge in [0.2, 0.25) is 11.8 Å². The molecule has 2 aromatic rings. The molecule has 0 saturated carbocycles. The van der Waals surface area contributed by atoms with E-state index >= 15 is 0 Å². The summed E-state index contributed by atoms with van der Waals surface area (Å²) in [6, 6.07) is 9.22. The number of hydrogen-bond acceptors (Lipinski definition) is 4.